The summed E-state index contributed by atoms with van der Waals surface area (Å²) in [6.45, 7) is 0. The number of hydrogen-bond acceptors (Lipinski definition) is 6. The second kappa shape index (κ2) is 7.19. The SMILES string of the molecule is Cn1nc2ccc(-c3c[nH]c4nc(N5C6CCC5CC(N)C6)cnc34)c(Cl)c2c1CC#N. The van der Waals surface area contributed by atoms with Crippen molar-refractivity contribution in [3.8, 4) is 17.2 Å². The standard InChI is InChI=1S/C23H23ClN8/c1-31-18(6-7-25)20-17(30-31)5-4-15(21(20)24)16-10-28-23-22(16)27-11-19(29-23)32-13-2-3-14(32)9-12(26)8-13/h4-5,10-14H,2-3,6,8-9,26H2,1H3,(H,28,29). The zero-order valence-corrected chi connectivity index (χ0v) is 18.5. The Morgan fingerprint density at radius 1 is 1.25 bits per heavy atom. The predicted octanol–water partition coefficient (Wildman–Crippen LogP) is 3.69. The maximum Gasteiger partial charge on any atom is 0.159 e. The Morgan fingerprint density at radius 2 is 2.03 bits per heavy atom. The van der Waals surface area contributed by atoms with Gasteiger partial charge in [0.15, 0.2) is 5.65 Å². The summed E-state index contributed by atoms with van der Waals surface area (Å²) in [7, 11) is 1.84. The van der Waals surface area contributed by atoms with Crippen molar-refractivity contribution in [3.63, 3.8) is 0 Å². The number of nitriles is 1. The Kier molecular flexibility index (Phi) is 4.39. The lowest BCUT2D eigenvalue weighted by Gasteiger charge is -2.38. The Morgan fingerprint density at radius 3 is 2.78 bits per heavy atom. The zero-order valence-electron chi connectivity index (χ0n) is 17.7. The van der Waals surface area contributed by atoms with Crippen LogP contribution in [-0.2, 0) is 13.5 Å². The molecule has 2 saturated heterocycles. The predicted molar refractivity (Wildman–Crippen MR) is 124 cm³/mol. The fraction of sp³-hybridized carbons (Fsp3) is 0.391. The lowest BCUT2D eigenvalue weighted by molar-refractivity contribution is 0.412. The van der Waals surface area contributed by atoms with E-state index < -0.39 is 0 Å². The molecule has 9 heteroatoms. The number of nitrogens with two attached hydrogens (primary N) is 1. The third-order valence-corrected chi connectivity index (χ3v) is 7.39. The second-order valence-electron chi connectivity index (χ2n) is 8.88. The van der Waals surface area contributed by atoms with Gasteiger partial charge in [-0.2, -0.15) is 10.4 Å². The summed E-state index contributed by atoms with van der Waals surface area (Å²) >= 11 is 6.86. The molecule has 2 atom stereocenters. The molecular formula is C23H23ClN8. The molecule has 2 fully saturated rings. The number of nitrogens with one attached hydrogen (secondary N) is 1. The van der Waals surface area contributed by atoms with E-state index in [1.807, 2.05) is 31.6 Å². The van der Waals surface area contributed by atoms with Crippen LogP contribution in [0.1, 0.15) is 31.4 Å². The first-order chi connectivity index (χ1) is 15.5. The number of anilines is 1. The fourth-order valence-corrected chi connectivity index (χ4v) is 5.97. The quantitative estimate of drug-likeness (QED) is 0.496. The number of piperidine rings is 1. The topological polar surface area (TPSA) is 112 Å². The number of fused-ring (bicyclic) bond motifs is 4. The summed E-state index contributed by atoms with van der Waals surface area (Å²) in [6, 6.07) is 7.28. The van der Waals surface area contributed by atoms with Crippen LogP contribution in [0.2, 0.25) is 5.02 Å². The Bertz CT molecular complexity index is 1380. The molecule has 162 valence electrons. The highest BCUT2D eigenvalue weighted by atomic mass is 35.5. The maximum atomic E-state index is 9.23. The van der Waals surface area contributed by atoms with Crippen LogP contribution in [0.25, 0.3) is 33.2 Å². The third kappa shape index (κ3) is 2.81. The molecule has 5 heterocycles. The monoisotopic (exact) mass is 446 g/mol. The number of nitrogens with zero attached hydrogens (tertiary/aromatic N) is 6. The van der Waals surface area contributed by atoms with Crippen molar-refractivity contribution in [2.24, 2.45) is 12.8 Å². The minimum atomic E-state index is 0.245. The lowest BCUT2D eigenvalue weighted by Crippen LogP contribution is -2.47. The fourth-order valence-electron chi connectivity index (χ4n) is 5.60. The molecule has 0 spiro atoms. The van der Waals surface area contributed by atoms with Crippen molar-refractivity contribution in [3.05, 3.63) is 35.2 Å². The van der Waals surface area contributed by atoms with Gasteiger partial charge in [0.05, 0.1) is 34.9 Å². The molecular weight excluding hydrogens is 424 g/mol. The van der Waals surface area contributed by atoms with E-state index in [0.29, 0.717) is 17.1 Å². The van der Waals surface area contributed by atoms with Crippen molar-refractivity contribution in [1.82, 2.24) is 24.7 Å². The van der Waals surface area contributed by atoms with Crippen LogP contribution in [0, 0.1) is 11.3 Å². The molecule has 3 N–H and O–H groups in total. The Hall–Kier alpha value is -3.15. The minimum absolute atomic E-state index is 0.245. The summed E-state index contributed by atoms with van der Waals surface area (Å²) in [5.41, 5.74) is 11.1. The third-order valence-electron chi connectivity index (χ3n) is 7.00. The number of benzene rings is 1. The number of H-pyrrole nitrogens is 1. The number of hydrogen-bond donors (Lipinski definition) is 2. The normalized spacial score (nSPS) is 22.7. The van der Waals surface area contributed by atoms with Gasteiger partial charge in [0.25, 0.3) is 0 Å². The van der Waals surface area contributed by atoms with Crippen molar-refractivity contribution < 1.29 is 0 Å². The number of aromatic amines is 1. The largest absolute Gasteiger partial charge is 0.349 e. The average Bonchev–Trinajstić information content (AvgIpc) is 3.41. The van der Waals surface area contributed by atoms with Gasteiger partial charge in [-0.25, -0.2) is 9.97 Å². The van der Waals surface area contributed by atoms with Gasteiger partial charge < -0.3 is 15.6 Å². The lowest BCUT2D eigenvalue weighted by atomic mass is 9.98. The van der Waals surface area contributed by atoms with Crippen molar-refractivity contribution in [1.29, 1.82) is 5.26 Å². The maximum absolute atomic E-state index is 9.23. The first-order valence-electron chi connectivity index (χ1n) is 10.9. The van der Waals surface area contributed by atoms with Gasteiger partial charge in [-0.1, -0.05) is 17.7 Å². The molecule has 1 aromatic carbocycles. The molecule has 0 radical (unpaired) electrons. The smallest absolute Gasteiger partial charge is 0.159 e. The summed E-state index contributed by atoms with van der Waals surface area (Å²) < 4.78 is 1.73. The van der Waals surface area contributed by atoms with E-state index in [-0.39, 0.29) is 12.5 Å². The zero-order chi connectivity index (χ0) is 22.0. The number of halogens is 1. The number of aryl methyl sites for hydroxylation is 1. The van der Waals surface area contributed by atoms with E-state index in [1.54, 1.807) is 4.68 Å². The van der Waals surface area contributed by atoms with Gasteiger partial charge in [-0.15, -0.1) is 0 Å². The molecule has 2 aliphatic rings. The molecule has 32 heavy (non-hydrogen) atoms. The van der Waals surface area contributed by atoms with Crippen LogP contribution in [0.4, 0.5) is 5.82 Å². The van der Waals surface area contributed by atoms with Crippen molar-refractivity contribution in [2.75, 3.05) is 4.90 Å². The van der Waals surface area contributed by atoms with Crippen molar-refractivity contribution in [2.45, 2.75) is 50.2 Å². The summed E-state index contributed by atoms with van der Waals surface area (Å²) in [4.78, 5) is 15.4. The average molecular weight is 447 g/mol. The van der Waals surface area contributed by atoms with E-state index in [0.717, 1.165) is 57.5 Å². The minimum Gasteiger partial charge on any atom is -0.349 e. The Labute approximate surface area is 190 Å². The summed E-state index contributed by atoms with van der Waals surface area (Å²) in [6.07, 6.45) is 8.38. The molecule has 0 aliphatic carbocycles. The van der Waals surface area contributed by atoms with E-state index in [1.165, 1.54) is 12.8 Å². The highest BCUT2D eigenvalue weighted by Crippen LogP contribution is 2.40. The van der Waals surface area contributed by atoms with Crippen LogP contribution in [0.3, 0.4) is 0 Å². The number of rotatable bonds is 3. The molecule has 8 nitrogen and oxygen atoms in total. The van der Waals surface area contributed by atoms with E-state index >= 15 is 0 Å². The molecule has 0 amide bonds. The summed E-state index contributed by atoms with van der Waals surface area (Å²) in [5.74, 6) is 0.912. The van der Waals surface area contributed by atoms with Crippen LogP contribution < -0.4 is 10.6 Å². The first kappa shape index (κ1) is 19.5. The molecule has 3 aromatic heterocycles. The molecule has 0 saturated carbocycles. The molecule has 4 aromatic rings. The highest BCUT2D eigenvalue weighted by Gasteiger charge is 2.40. The molecule has 2 bridgehead atoms. The highest BCUT2D eigenvalue weighted by molar-refractivity contribution is 6.38. The molecule has 2 unspecified atom stereocenters. The van der Waals surface area contributed by atoms with Crippen LogP contribution in [-0.4, -0.2) is 42.9 Å². The van der Waals surface area contributed by atoms with Crippen LogP contribution >= 0.6 is 11.6 Å². The van der Waals surface area contributed by atoms with Gasteiger partial charge in [0.2, 0.25) is 0 Å². The van der Waals surface area contributed by atoms with E-state index in [4.69, 9.17) is 27.3 Å². The Balaban J connectivity index is 1.43. The van der Waals surface area contributed by atoms with E-state index in [2.05, 4.69) is 21.1 Å². The second-order valence-corrected chi connectivity index (χ2v) is 9.26. The van der Waals surface area contributed by atoms with Crippen molar-refractivity contribution >= 4 is 39.5 Å². The van der Waals surface area contributed by atoms with Gasteiger partial charge in [-0.3, -0.25) is 4.68 Å². The summed E-state index contributed by atoms with van der Waals surface area (Å²) in [5, 5.41) is 15.1. The molecule has 6 rings (SSSR count). The van der Waals surface area contributed by atoms with Gasteiger partial charge >= 0.3 is 0 Å². The van der Waals surface area contributed by atoms with Gasteiger partial charge in [0, 0.05) is 47.9 Å². The van der Waals surface area contributed by atoms with Gasteiger partial charge in [-0.05, 0) is 31.7 Å². The molecule has 2 aliphatic heterocycles. The van der Waals surface area contributed by atoms with E-state index in [9.17, 15) is 5.26 Å². The first-order valence-corrected chi connectivity index (χ1v) is 11.3. The van der Waals surface area contributed by atoms with Crippen LogP contribution in [0.5, 0.6) is 0 Å². The van der Waals surface area contributed by atoms with Gasteiger partial charge in [0.1, 0.15) is 11.3 Å². The number of aromatic nitrogens is 5. The van der Waals surface area contributed by atoms with Crippen LogP contribution in [0.15, 0.2) is 24.5 Å².